The van der Waals surface area contributed by atoms with Crippen LogP contribution in [0.25, 0.3) is 0 Å². The van der Waals surface area contributed by atoms with E-state index in [4.69, 9.17) is 5.73 Å². The number of anilines is 3. The zero-order valence-electron chi connectivity index (χ0n) is 10.5. The summed E-state index contributed by atoms with van der Waals surface area (Å²) in [5.41, 5.74) is 6.51. The Morgan fingerprint density at radius 3 is 2.68 bits per heavy atom. The van der Waals surface area contributed by atoms with Gasteiger partial charge in [0.05, 0.1) is 0 Å². The van der Waals surface area contributed by atoms with Gasteiger partial charge in [0.25, 0.3) is 0 Å². The van der Waals surface area contributed by atoms with Crippen molar-refractivity contribution >= 4 is 23.4 Å². The minimum Gasteiger partial charge on any atom is -0.379 e. The van der Waals surface area contributed by atoms with Crippen LogP contribution in [0.3, 0.4) is 0 Å². The fraction of sp³-hybridized carbons (Fsp3) is 0.167. The molecule has 0 aliphatic rings. The van der Waals surface area contributed by atoms with Crippen molar-refractivity contribution in [3.63, 3.8) is 0 Å². The fourth-order valence-corrected chi connectivity index (χ4v) is 1.53. The summed E-state index contributed by atoms with van der Waals surface area (Å²) in [7, 11) is 0. The molecule has 98 valence electrons. The molecule has 0 radical (unpaired) electrons. The number of nitrogens with two attached hydrogens (primary N) is 1. The Hall–Kier alpha value is -2.70. The van der Waals surface area contributed by atoms with Gasteiger partial charge in [0.1, 0.15) is 0 Å². The zero-order valence-corrected chi connectivity index (χ0v) is 10.5. The first-order valence-corrected chi connectivity index (χ1v) is 5.59. The molecule has 0 aliphatic carbocycles. The Bertz CT molecular complexity index is 693. The van der Waals surface area contributed by atoms with E-state index in [-0.39, 0.29) is 11.8 Å². The van der Waals surface area contributed by atoms with E-state index in [9.17, 15) is 9.59 Å². The topological polar surface area (TPSA) is 103 Å². The first-order valence-electron chi connectivity index (χ1n) is 5.59. The van der Waals surface area contributed by atoms with Crippen molar-refractivity contribution in [3.05, 3.63) is 40.2 Å². The van der Waals surface area contributed by atoms with Gasteiger partial charge in [0.2, 0.25) is 11.9 Å². The highest BCUT2D eigenvalue weighted by atomic mass is 16.2. The molecule has 0 spiro atoms. The van der Waals surface area contributed by atoms with Gasteiger partial charge in [-0.05, 0) is 18.6 Å². The van der Waals surface area contributed by atoms with Crippen LogP contribution in [0.1, 0.15) is 17.3 Å². The van der Waals surface area contributed by atoms with Crippen LogP contribution in [0, 0.1) is 6.92 Å². The van der Waals surface area contributed by atoms with E-state index >= 15 is 0 Å². The van der Waals surface area contributed by atoms with Gasteiger partial charge in [-0.2, -0.15) is 9.67 Å². The molecule has 0 atom stereocenters. The standard InChI is InChI=1S/C12H13N5O2/c1-7-5-3-4-6-9(7)14-12-15-10(13)11(19)17(16-12)8(2)18/h3-6H,1-2H3,(H3,13,14,15,16). The lowest BCUT2D eigenvalue weighted by molar-refractivity contribution is 0.0915. The third-order valence-corrected chi connectivity index (χ3v) is 2.52. The highest BCUT2D eigenvalue weighted by molar-refractivity contribution is 5.75. The fourth-order valence-electron chi connectivity index (χ4n) is 1.53. The van der Waals surface area contributed by atoms with Crippen molar-refractivity contribution in [1.82, 2.24) is 14.8 Å². The van der Waals surface area contributed by atoms with Crippen molar-refractivity contribution in [2.45, 2.75) is 13.8 Å². The van der Waals surface area contributed by atoms with Gasteiger partial charge >= 0.3 is 5.56 Å². The van der Waals surface area contributed by atoms with Gasteiger partial charge in [-0.3, -0.25) is 9.59 Å². The predicted molar refractivity (Wildman–Crippen MR) is 71.5 cm³/mol. The molecule has 7 heteroatoms. The van der Waals surface area contributed by atoms with Crippen molar-refractivity contribution in [2.75, 3.05) is 11.1 Å². The normalized spacial score (nSPS) is 10.2. The first-order chi connectivity index (χ1) is 8.99. The van der Waals surface area contributed by atoms with Crippen LogP contribution in [0.5, 0.6) is 0 Å². The number of carbonyl (C=O) groups excluding carboxylic acids is 1. The summed E-state index contributed by atoms with van der Waals surface area (Å²) in [6.07, 6.45) is 0. The number of nitrogen functional groups attached to an aromatic ring is 1. The summed E-state index contributed by atoms with van der Waals surface area (Å²) in [4.78, 5) is 26.6. The number of hydrogen-bond acceptors (Lipinski definition) is 6. The highest BCUT2D eigenvalue weighted by Crippen LogP contribution is 2.16. The Morgan fingerprint density at radius 2 is 2.05 bits per heavy atom. The maximum atomic E-state index is 11.5. The molecule has 1 aromatic heterocycles. The van der Waals surface area contributed by atoms with Crippen LogP contribution in [0.4, 0.5) is 17.5 Å². The zero-order chi connectivity index (χ0) is 14.0. The molecule has 1 heterocycles. The number of nitrogens with zero attached hydrogens (tertiary/aromatic N) is 3. The lowest BCUT2D eigenvalue weighted by atomic mass is 10.2. The molecule has 0 bridgehead atoms. The molecule has 2 aromatic rings. The number of aryl methyl sites for hydroxylation is 1. The molecule has 0 saturated carbocycles. The molecule has 2 rings (SSSR count). The summed E-state index contributed by atoms with van der Waals surface area (Å²) in [6, 6.07) is 7.48. The number of benzene rings is 1. The van der Waals surface area contributed by atoms with Gasteiger partial charge in [-0.25, -0.2) is 0 Å². The minimum absolute atomic E-state index is 0.0987. The monoisotopic (exact) mass is 259 g/mol. The van der Waals surface area contributed by atoms with E-state index in [0.717, 1.165) is 11.3 Å². The SMILES string of the molecule is CC(=O)n1nc(Nc2ccccc2C)nc(N)c1=O. The average Bonchev–Trinajstić information content (AvgIpc) is 2.36. The van der Waals surface area contributed by atoms with Gasteiger partial charge < -0.3 is 11.1 Å². The van der Waals surface area contributed by atoms with Crippen LogP contribution in [0.2, 0.25) is 0 Å². The molecule has 0 saturated heterocycles. The van der Waals surface area contributed by atoms with Crippen LogP contribution in [-0.4, -0.2) is 20.7 Å². The second-order valence-electron chi connectivity index (χ2n) is 4.00. The third-order valence-electron chi connectivity index (χ3n) is 2.52. The predicted octanol–water partition coefficient (Wildman–Crippen LogP) is 0.933. The molecular formula is C12H13N5O2. The molecule has 1 aromatic carbocycles. The minimum atomic E-state index is -0.720. The molecule has 0 fully saturated rings. The van der Waals surface area contributed by atoms with E-state index in [1.165, 1.54) is 6.92 Å². The van der Waals surface area contributed by atoms with Gasteiger partial charge in [0, 0.05) is 12.6 Å². The van der Waals surface area contributed by atoms with E-state index in [2.05, 4.69) is 15.4 Å². The first kappa shape index (κ1) is 12.7. The smallest absolute Gasteiger partial charge is 0.316 e. The van der Waals surface area contributed by atoms with E-state index in [1.54, 1.807) is 0 Å². The van der Waals surface area contributed by atoms with Crippen LogP contribution < -0.4 is 16.6 Å². The lowest BCUT2D eigenvalue weighted by Crippen LogP contribution is -2.31. The van der Waals surface area contributed by atoms with E-state index < -0.39 is 11.5 Å². The molecule has 7 nitrogen and oxygen atoms in total. The molecule has 0 unspecified atom stereocenters. The second kappa shape index (κ2) is 4.89. The molecule has 0 aliphatic heterocycles. The number of nitrogens with one attached hydrogen (secondary N) is 1. The lowest BCUT2D eigenvalue weighted by Gasteiger charge is -2.09. The van der Waals surface area contributed by atoms with Crippen LogP contribution >= 0.6 is 0 Å². The number of rotatable bonds is 2. The summed E-state index contributed by atoms with van der Waals surface area (Å²) < 4.78 is 0.683. The van der Waals surface area contributed by atoms with Crippen molar-refractivity contribution in [2.24, 2.45) is 0 Å². The average molecular weight is 259 g/mol. The number of para-hydroxylation sites is 1. The van der Waals surface area contributed by atoms with Gasteiger partial charge in [0.15, 0.2) is 5.82 Å². The Labute approximate surface area is 109 Å². The molecule has 19 heavy (non-hydrogen) atoms. The molecule has 3 N–H and O–H groups in total. The number of carbonyl (C=O) groups is 1. The number of hydrogen-bond donors (Lipinski definition) is 2. The summed E-state index contributed by atoms with van der Waals surface area (Å²) in [5, 5.41) is 6.74. The van der Waals surface area contributed by atoms with E-state index in [0.29, 0.717) is 4.68 Å². The Kier molecular flexibility index (Phi) is 3.28. The quantitative estimate of drug-likeness (QED) is 0.831. The Morgan fingerprint density at radius 1 is 1.37 bits per heavy atom. The summed E-state index contributed by atoms with van der Waals surface area (Å²) in [5.74, 6) is -0.699. The third kappa shape index (κ3) is 2.59. The molecule has 0 amide bonds. The van der Waals surface area contributed by atoms with Gasteiger partial charge in [-0.15, -0.1) is 5.10 Å². The van der Waals surface area contributed by atoms with Crippen molar-refractivity contribution in [1.29, 1.82) is 0 Å². The highest BCUT2D eigenvalue weighted by Gasteiger charge is 2.11. The van der Waals surface area contributed by atoms with E-state index in [1.807, 2.05) is 31.2 Å². The van der Waals surface area contributed by atoms with Crippen LogP contribution in [-0.2, 0) is 0 Å². The number of aromatic nitrogens is 3. The second-order valence-corrected chi connectivity index (χ2v) is 4.00. The summed E-state index contributed by atoms with van der Waals surface area (Å²) >= 11 is 0. The summed E-state index contributed by atoms with van der Waals surface area (Å²) in [6.45, 7) is 3.14. The van der Waals surface area contributed by atoms with Crippen molar-refractivity contribution in [3.8, 4) is 0 Å². The van der Waals surface area contributed by atoms with Gasteiger partial charge in [-0.1, -0.05) is 18.2 Å². The largest absolute Gasteiger partial charge is 0.379 e. The molecular weight excluding hydrogens is 246 g/mol. The van der Waals surface area contributed by atoms with Crippen LogP contribution in [0.15, 0.2) is 29.1 Å². The maximum Gasteiger partial charge on any atom is 0.316 e. The van der Waals surface area contributed by atoms with Crippen molar-refractivity contribution < 1.29 is 4.79 Å². The maximum absolute atomic E-state index is 11.5. The Balaban J connectivity index is 2.45.